The highest BCUT2D eigenvalue weighted by Gasteiger charge is 2.37. The number of esters is 2. The topological polar surface area (TPSA) is 52.6 Å². The summed E-state index contributed by atoms with van der Waals surface area (Å²) in [6, 6.07) is 5.50. The minimum absolute atomic E-state index is 0.144. The van der Waals surface area contributed by atoms with Gasteiger partial charge in [0, 0.05) is 6.92 Å². The molecule has 0 aliphatic carbocycles. The molecule has 1 rings (SSSR count). The molecule has 0 amide bonds. The van der Waals surface area contributed by atoms with E-state index >= 15 is 0 Å². The fourth-order valence-electron chi connectivity index (χ4n) is 2.76. The Hall–Kier alpha value is -2.31. The van der Waals surface area contributed by atoms with Gasteiger partial charge in [-0.2, -0.15) is 13.2 Å². The van der Waals surface area contributed by atoms with Gasteiger partial charge in [-0.3, -0.25) is 4.79 Å². The number of allylic oxidation sites excluding steroid dienone is 2. The van der Waals surface area contributed by atoms with Crippen LogP contribution in [-0.4, -0.2) is 18.1 Å². The molecule has 0 N–H and O–H groups in total. The van der Waals surface area contributed by atoms with Gasteiger partial charge < -0.3 is 9.47 Å². The second kappa shape index (κ2) is 13.0. The van der Waals surface area contributed by atoms with Crippen molar-refractivity contribution in [2.75, 3.05) is 0 Å². The third-order valence-electron chi connectivity index (χ3n) is 4.23. The standard InChI is InChI=1S/C22H29F3O4/c1-3-4-5-6-7-8-9-10-11-16-20(22(23,24)25)29-21(27)18-14-12-13-15-19(18)28-17(2)26/h12-16H,3-11H2,1-2H3/b20-16+. The van der Waals surface area contributed by atoms with Crippen LogP contribution in [0.5, 0.6) is 5.75 Å². The second-order valence-corrected chi connectivity index (χ2v) is 6.81. The SMILES string of the molecule is CCCCCCCCCC/C=C(/OC(=O)c1ccccc1OC(C)=O)C(F)(F)F. The van der Waals surface area contributed by atoms with E-state index in [4.69, 9.17) is 4.74 Å². The summed E-state index contributed by atoms with van der Waals surface area (Å²) < 4.78 is 49.1. The lowest BCUT2D eigenvalue weighted by Crippen LogP contribution is -2.19. The fourth-order valence-corrected chi connectivity index (χ4v) is 2.76. The zero-order valence-electron chi connectivity index (χ0n) is 17.0. The highest BCUT2D eigenvalue weighted by atomic mass is 19.4. The van der Waals surface area contributed by atoms with Crippen molar-refractivity contribution in [3.05, 3.63) is 41.7 Å². The number of hydrogen-bond donors (Lipinski definition) is 0. The van der Waals surface area contributed by atoms with E-state index in [2.05, 4.69) is 11.7 Å². The van der Waals surface area contributed by atoms with E-state index < -0.39 is 23.9 Å². The maximum Gasteiger partial charge on any atom is 0.449 e. The van der Waals surface area contributed by atoms with Gasteiger partial charge in [0.2, 0.25) is 5.76 Å². The quantitative estimate of drug-likeness (QED) is 0.164. The fraction of sp³-hybridized carbons (Fsp3) is 0.545. The van der Waals surface area contributed by atoms with Crippen molar-refractivity contribution < 1.29 is 32.2 Å². The van der Waals surface area contributed by atoms with Crippen LogP contribution >= 0.6 is 0 Å². The number of ether oxygens (including phenoxy) is 2. The van der Waals surface area contributed by atoms with Crippen molar-refractivity contribution in [2.45, 2.75) is 77.8 Å². The monoisotopic (exact) mass is 414 g/mol. The molecule has 0 spiro atoms. The first kappa shape index (κ1) is 24.7. The molecule has 29 heavy (non-hydrogen) atoms. The normalized spacial score (nSPS) is 12.0. The Morgan fingerprint density at radius 1 is 0.966 bits per heavy atom. The summed E-state index contributed by atoms with van der Waals surface area (Å²) in [5, 5.41) is 0. The maximum absolute atomic E-state index is 13.2. The second-order valence-electron chi connectivity index (χ2n) is 6.81. The van der Waals surface area contributed by atoms with Gasteiger partial charge in [-0.1, -0.05) is 64.0 Å². The summed E-state index contributed by atoms with van der Waals surface area (Å²) in [6.07, 6.45) is 4.51. The molecule has 0 radical (unpaired) electrons. The molecule has 4 nitrogen and oxygen atoms in total. The average Bonchev–Trinajstić information content (AvgIpc) is 2.64. The van der Waals surface area contributed by atoms with Gasteiger partial charge in [-0.05, 0) is 31.1 Å². The Morgan fingerprint density at radius 3 is 2.14 bits per heavy atom. The third kappa shape index (κ3) is 10.1. The Kier molecular flexibility index (Phi) is 11.1. The Bertz CT molecular complexity index is 681. The van der Waals surface area contributed by atoms with Crippen LogP contribution in [-0.2, 0) is 9.53 Å². The van der Waals surface area contributed by atoms with Crippen LogP contribution in [0.3, 0.4) is 0 Å². The molecule has 7 heteroatoms. The molecule has 0 saturated carbocycles. The number of para-hydroxylation sites is 1. The van der Waals surface area contributed by atoms with E-state index in [1.54, 1.807) is 0 Å². The predicted molar refractivity (Wildman–Crippen MR) is 105 cm³/mol. The number of carbonyl (C=O) groups is 2. The van der Waals surface area contributed by atoms with Crippen LogP contribution in [0.15, 0.2) is 36.1 Å². The molecule has 0 unspecified atom stereocenters. The van der Waals surface area contributed by atoms with E-state index in [0.717, 1.165) is 38.7 Å². The van der Waals surface area contributed by atoms with E-state index in [1.165, 1.54) is 43.5 Å². The van der Waals surface area contributed by atoms with Crippen molar-refractivity contribution in [3.8, 4) is 5.75 Å². The number of rotatable bonds is 12. The Labute approximate surface area is 170 Å². The first-order chi connectivity index (χ1) is 13.8. The van der Waals surface area contributed by atoms with Gasteiger partial charge in [0.1, 0.15) is 11.3 Å². The first-order valence-corrected chi connectivity index (χ1v) is 10.0. The minimum Gasteiger partial charge on any atom is -0.426 e. The molecule has 0 aliphatic rings. The summed E-state index contributed by atoms with van der Waals surface area (Å²) in [5.41, 5.74) is -0.245. The molecule has 0 aromatic heterocycles. The maximum atomic E-state index is 13.2. The lowest BCUT2D eigenvalue weighted by molar-refractivity contribution is -0.132. The van der Waals surface area contributed by atoms with E-state index in [9.17, 15) is 22.8 Å². The minimum atomic E-state index is -4.79. The van der Waals surface area contributed by atoms with Crippen molar-refractivity contribution >= 4 is 11.9 Å². The van der Waals surface area contributed by atoms with Crippen LogP contribution in [0.2, 0.25) is 0 Å². The van der Waals surface area contributed by atoms with Gasteiger partial charge >= 0.3 is 18.1 Å². The van der Waals surface area contributed by atoms with Crippen LogP contribution < -0.4 is 4.74 Å². The van der Waals surface area contributed by atoms with E-state index in [0.29, 0.717) is 6.42 Å². The van der Waals surface area contributed by atoms with Gasteiger partial charge in [0.05, 0.1) is 0 Å². The molecular formula is C22H29F3O4. The highest BCUT2D eigenvalue weighted by molar-refractivity contribution is 5.94. The number of alkyl halides is 3. The summed E-state index contributed by atoms with van der Waals surface area (Å²) in [7, 11) is 0. The molecule has 0 saturated heterocycles. The molecule has 0 bridgehead atoms. The smallest absolute Gasteiger partial charge is 0.426 e. The van der Waals surface area contributed by atoms with Crippen molar-refractivity contribution in [3.63, 3.8) is 0 Å². The summed E-state index contributed by atoms with van der Waals surface area (Å²) in [6.45, 7) is 3.28. The Balaban J connectivity index is 2.63. The van der Waals surface area contributed by atoms with Gasteiger partial charge in [0.25, 0.3) is 0 Å². The third-order valence-corrected chi connectivity index (χ3v) is 4.23. The van der Waals surface area contributed by atoms with Crippen LogP contribution in [0.25, 0.3) is 0 Å². The lowest BCUT2D eigenvalue weighted by Gasteiger charge is -2.13. The number of halogens is 3. The van der Waals surface area contributed by atoms with Crippen LogP contribution in [0.4, 0.5) is 13.2 Å². The number of carbonyl (C=O) groups excluding carboxylic acids is 2. The van der Waals surface area contributed by atoms with Gasteiger partial charge in [-0.15, -0.1) is 0 Å². The molecular weight excluding hydrogens is 385 g/mol. The van der Waals surface area contributed by atoms with Crippen molar-refractivity contribution in [1.29, 1.82) is 0 Å². The first-order valence-electron chi connectivity index (χ1n) is 10.0. The number of hydrogen-bond acceptors (Lipinski definition) is 4. The number of unbranched alkanes of at least 4 members (excludes halogenated alkanes) is 8. The van der Waals surface area contributed by atoms with Crippen LogP contribution in [0, 0.1) is 0 Å². The lowest BCUT2D eigenvalue weighted by atomic mass is 10.1. The zero-order chi connectivity index (χ0) is 21.7. The zero-order valence-corrected chi connectivity index (χ0v) is 17.0. The molecule has 1 aromatic rings. The molecule has 1 aromatic carbocycles. The number of benzene rings is 1. The molecule has 0 aliphatic heterocycles. The molecule has 0 fully saturated rings. The summed E-state index contributed by atoms with van der Waals surface area (Å²) in [4.78, 5) is 23.3. The Morgan fingerprint density at radius 2 is 1.55 bits per heavy atom. The summed E-state index contributed by atoms with van der Waals surface area (Å²) >= 11 is 0. The highest BCUT2D eigenvalue weighted by Crippen LogP contribution is 2.29. The largest absolute Gasteiger partial charge is 0.449 e. The predicted octanol–water partition coefficient (Wildman–Crippen LogP) is 6.75. The van der Waals surface area contributed by atoms with Gasteiger partial charge in [0.15, 0.2) is 0 Å². The van der Waals surface area contributed by atoms with E-state index in [-0.39, 0.29) is 17.7 Å². The molecule has 0 heterocycles. The van der Waals surface area contributed by atoms with Gasteiger partial charge in [-0.25, -0.2) is 4.79 Å². The van der Waals surface area contributed by atoms with Crippen LogP contribution in [0.1, 0.15) is 82.0 Å². The van der Waals surface area contributed by atoms with Crippen molar-refractivity contribution in [2.24, 2.45) is 0 Å². The molecule has 0 atom stereocenters. The molecule has 162 valence electrons. The van der Waals surface area contributed by atoms with E-state index in [1.807, 2.05) is 0 Å². The average molecular weight is 414 g/mol. The summed E-state index contributed by atoms with van der Waals surface area (Å²) in [5.74, 6) is -3.40. The van der Waals surface area contributed by atoms with Crippen molar-refractivity contribution in [1.82, 2.24) is 0 Å².